The summed E-state index contributed by atoms with van der Waals surface area (Å²) in [5.74, 6) is 0.710. The van der Waals surface area contributed by atoms with Gasteiger partial charge in [-0.1, -0.05) is 6.07 Å². The molecule has 0 spiro atoms. The van der Waals surface area contributed by atoms with Crippen molar-refractivity contribution in [3.8, 4) is 0 Å². The van der Waals surface area contributed by atoms with Gasteiger partial charge < -0.3 is 14.6 Å². The van der Waals surface area contributed by atoms with Gasteiger partial charge in [0.25, 0.3) is 0 Å². The number of aryl methyl sites for hydroxylation is 1. The molecule has 0 amide bonds. The van der Waals surface area contributed by atoms with E-state index < -0.39 is 0 Å². The number of nitrogens with one attached hydrogen (secondary N) is 1. The number of benzene rings is 1. The van der Waals surface area contributed by atoms with Crippen molar-refractivity contribution in [2.45, 2.75) is 32.4 Å². The highest BCUT2D eigenvalue weighted by Gasteiger charge is 2.31. The Morgan fingerprint density at radius 1 is 1.32 bits per heavy atom. The minimum atomic E-state index is -0.0318. The Hall–Kier alpha value is -1.39. The lowest BCUT2D eigenvalue weighted by atomic mass is 9.87. The Morgan fingerprint density at radius 2 is 2.00 bits per heavy atom. The molecule has 1 heterocycles. The third kappa shape index (κ3) is 2.65. The molecule has 0 aliphatic rings. The number of likely N-dealkylation sites (N-methyl/N-ethyl adjacent to an activating group) is 2. The molecule has 104 valence electrons. The van der Waals surface area contributed by atoms with Gasteiger partial charge in [0.05, 0.1) is 6.04 Å². The predicted octanol–water partition coefficient (Wildman–Crippen LogP) is 2.74. The molecule has 4 heteroatoms. The lowest BCUT2D eigenvalue weighted by Crippen LogP contribution is -2.48. The highest BCUT2D eigenvalue weighted by molar-refractivity contribution is 5.73. The van der Waals surface area contributed by atoms with Crippen LogP contribution in [-0.2, 0) is 0 Å². The van der Waals surface area contributed by atoms with Gasteiger partial charge in [0, 0.05) is 12.5 Å². The van der Waals surface area contributed by atoms with Crippen molar-refractivity contribution in [1.29, 1.82) is 0 Å². The summed E-state index contributed by atoms with van der Waals surface area (Å²) in [5, 5.41) is 3.39. The maximum absolute atomic E-state index is 5.53. The van der Waals surface area contributed by atoms with Gasteiger partial charge >= 0.3 is 0 Å². The fourth-order valence-electron chi connectivity index (χ4n) is 2.73. The zero-order chi connectivity index (χ0) is 14.2. The Balaban J connectivity index is 2.50. The molecular formula is C15H23N3O. The fraction of sp³-hybridized carbons (Fsp3) is 0.533. The molecule has 1 aromatic heterocycles. The SMILES string of the molecule is CNC(C)(C)C(c1ccc2oc(C)nc2c1)N(C)C. The van der Waals surface area contributed by atoms with Crippen molar-refractivity contribution in [2.75, 3.05) is 21.1 Å². The predicted molar refractivity (Wildman–Crippen MR) is 78.3 cm³/mol. The van der Waals surface area contributed by atoms with Crippen LogP contribution in [0.4, 0.5) is 0 Å². The molecular weight excluding hydrogens is 238 g/mol. The highest BCUT2D eigenvalue weighted by atomic mass is 16.3. The van der Waals surface area contributed by atoms with Crippen LogP contribution in [0.5, 0.6) is 0 Å². The Morgan fingerprint density at radius 3 is 2.58 bits per heavy atom. The molecule has 0 radical (unpaired) electrons. The first-order valence-electron chi connectivity index (χ1n) is 6.57. The van der Waals surface area contributed by atoms with E-state index in [4.69, 9.17) is 4.42 Å². The van der Waals surface area contributed by atoms with E-state index in [-0.39, 0.29) is 11.6 Å². The van der Waals surface area contributed by atoms with Gasteiger partial charge in [-0.05, 0) is 52.7 Å². The number of nitrogens with zero attached hydrogens (tertiary/aromatic N) is 2. The summed E-state index contributed by atoms with van der Waals surface area (Å²) in [4.78, 5) is 6.64. The fourth-order valence-corrected chi connectivity index (χ4v) is 2.73. The van der Waals surface area contributed by atoms with E-state index in [0.29, 0.717) is 5.89 Å². The van der Waals surface area contributed by atoms with E-state index >= 15 is 0 Å². The first-order valence-corrected chi connectivity index (χ1v) is 6.57. The average Bonchev–Trinajstić information content (AvgIpc) is 2.67. The van der Waals surface area contributed by atoms with E-state index in [2.05, 4.69) is 55.3 Å². The maximum Gasteiger partial charge on any atom is 0.192 e. The molecule has 0 bridgehead atoms. The Kier molecular flexibility index (Phi) is 3.65. The minimum Gasteiger partial charge on any atom is -0.441 e. The van der Waals surface area contributed by atoms with E-state index in [1.165, 1.54) is 5.56 Å². The van der Waals surface area contributed by atoms with Gasteiger partial charge in [-0.3, -0.25) is 0 Å². The van der Waals surface area contributed by atoms with Crippen LogP contribution in [0.3, 0.4) is 0 Å². The maximum atomic E-state index is 5.53. The van der Waals surface area contributed by atoms with Crippen molar-refractivity contribution in [3.05, 3.63) is 29.7 Å². The lowest BCUT2D eigenvalue weighted by Gasteiger charge is -2.39. The van der Waals surface area contributed by atoms with Crippen LogP contribution in [0.1, 0.15) is 31.3 Å². The standard InChI is InChI=1S/C15H23N3O/c1-10-17-12-9-11(7-8-13(12)19-10)14(18(5)6)15(2,3)16-4/h7-9,14,16H,1-6H3. The lowest BCUT2D eigenvalue weighted by molar-refractivity contribution is 0.177. The second kappa shape index (κ2) is 4.94. The largest absolute Gasteiger partial charge is 0.441 e. The molecule has 1 unspecified atom stereocenters. The van der Waals surface area contributed by atoms with E-state index in [9.17, 15) is 0 Å². The first-order chi connectivity index (χ1) is 8.85. The summed E-state index contributed by atoms with van der Waals surface area (Å²) in [6, 6.07) is 6.51. The van der Waals surface area contributed by atoms with E-state index in [1.807, 2.05) is 20.0 Å². The minimum absolute atomic E-state index is 0.0318. The highest BCUT2D eigenvalue weighted by Crippen LogP contribution is 2.31. The number of fused-ring (bicyclic) bond motifs is 1. The van der Waals surface area contributed by atoms with Crippen molar-refractivity contribution in [1.82, 2.24) is 15.2 Å². The van der Waals surface area contributed by atoms with Gasteiger partial charge in [-0.2, -0.15) is 0 Å². The van der Waals surface area contributed by atoms with Crippen LogP contribution in [0, 0.1) is 6.92 Å². The van der Waals surface area contributed by atoms with Crippen molar-refractivity contribution >= 4 is 11.1 Å². The molecule has 1 N–H and O–H groups in total. The summed E-state index contributed by atoms with van der Waals surface area (Å²) >= 11 is 0. The van der Waals surface area contributed by atoms with Crippen molar-refractivity contribution in [3.63, 3.8) is 0 Å². The van der Waals surface area contributed by atoms with Gasteiger partial charge in [-0.15, -0.1) is 0 Å². The second-order valence-corrected chi connectivity index (χ2v) is 5.80. The molecule has 1 atom stereocenters. The summed E-state index contributed by atoms with van der Waals surface area (Å²) in [7, 11) is 6.19. The van der Waals surface area contributed by atoms with Crippen LogP contribution < -0.4 is 5.32 Å². The monoisotopic (exact) mass is 261 g/mol. The van der Waals surface area contributed by atoms with Gasteiger partial charge in [0.1, 0.15) is 5.52 Å². The molecule has 1 aromatic carbocycles. The van der Waals surface area contributed by atoms with Crippen LogP contribution in [0.15, 0.2) is 22.6 Å². The molecule has 4 nitrogen and oxygen atoms in total. The van der Waals surface area contributed by atoms with E-state index in [0.717, 1.165) is 11.1 Å². The second-order valence-electron chi connectivity index (χ2n) is 5.80. The van der Waals surface area contributed by atoms with E-state index in [1.54, 1.807) is 0 Å². The van der Waals surface area contributed by atoms with Crippen LogP contribution in [-0.4, -0.2) is 36.6 Å². The molecule has 2 rings (SSSR count). The van der Waals surface area contributed by atoms with Gasteiger partial charge in [0.2, 0.25) is 0 Å². The van der Waals surface area contributed by atoms with Crippen LogP contribution in [0.25, 0.3) is 11.1 Å². The number of hydrogen-bond acceptors (Lipinski definition) is 4. The summed E-state index contributed by atoms with van der Waals surface area (Å²) in [5.41, 5.74) is 2.98. The summed E-state index contributed by atoms with van der Waals surface area (Å²) < 4.78 is 5.53. The smallest absolute Gasteiger partial charge is 0.192 e. The number of aromatic nitrogens is 1. The zero-order valence-corrected chi connectivity index (χ0v) is 12.6. The summed E-state index contributed by atoms with van der Waals surface area (Å²) in [6.07, 6.45) is 0. The first kappa shape index (κ1) is 14.0. The normalized spacial score (nSPS) is 14.3. The molecule has 0 fully saturated rings. The van der Waals surface area contributed by atoms with Crippen molar-refractivity contribution < 1.29 is 4.42 Å². The van der Waals surface area contributed by atoms with Gasteiger partial charge in [-0.25, -0.2) is 4.98 Å². The number of hydrogen-bond donors (Lipinski definition) is 1. The van der Waals surface area contributed by atoms with Crippen molar-refractivity contribution in [2.24, 2.45) is 0 Å². The molecule has 0 saturated carbocycles. The third-order valence-corrected chi connectivity index (χ3v) is 3.68. The Labute approximate surface area is 114 Å². The molecule has 2 aromatic rings. The summed E-state index contributed by atoms with van der Waals surface area (Å²) in [6.45, 7) is 6.28. The van der Waals surface area contributed by atoms with Crippen LogP contribution >= 0.6 is 0 Å². The molecule has 0 aliphatic carbocycles. The topological polar surface area (TPSA) is 41.3 Å². The average molecular weight is 261 g/mol. The Bertz CT molecular complexity index is 572. The molecule has 0 aliphatic heterocycles. The van der Waals surface area contributed by atoms with Crippen LogP contribution in [0.2, 0.25) is 0 Å². The van der Waals surface area contributed by atoms with Gasteiger partial charge in [0.15, 0.2) is 11.5 Å². The molecule has 0 saturated heterocycles. The number of rotatable bonds is 4. The zero-order valence-electron chi connectivity index (χ0n) is 12.6. The third-order valence-electron chi connectivity index (χ3n) is 3.68. The molecule has 19 heavy (non-hydrogen) atoms. The quantitative estimate of drug-likeness (QED) is 0.919. The number of oxazole rings is 1.